The first-order valence-electron chi connectivity index (χ1n) is 5.90. The van der Waals surface area contributed by atoms with Crippen LogP contribution in [0.5, 0.6) is 0 Å². The lowest BCUT2D eigenvalue weighted by Crippen LogP contribution is -2.30. The minimum absolute atomic E-state index is 0.547. The number of thioether (sulfide) groups is 1. The Bertz CT molecular complexity index is 584. The number of aromatic amines is 1. The van der Waals surface area contributed by atoms with E-state index in [0.29, 0.717) is 17.9 Å². The Morgan fingerprint density at radius 3 is 3.05 bits per heavy atom. The molecular formula is C12H16N4O2S. The molecule has 0 amide bonds. The maximum absolute atomic E-state index is 11.2. The Kier molecular flexibility index (Phi) is 4.26. The van der Waals surface area contributed by atoms with E-state index in [1.165, 1.54) is 6.33 Å². The lowest BCUT2D eigenvalue weighted by Gasteiger charge is -2.14. The number of hydrogen-bond donors (Lipinski definition) is 3. The van der Waals surface area contributed by atoms with E-state index in [2.05, 4.69) is 20.3 Å². The molecule has 0 saturated heterocycles. The molecule has 0 bridgehead atoms. The van der Waals surface area contributed by atoms with Crippen LogP contribution in [0.1, 0.15) is 12.1 Å². The number of carboxylic acid groups (broad SMARTS) is 1. The van der Waals surface area contributed by atoms with Crippen molar-refractivity contribution < 1.29 is 9.90 Å². The monoisotopic (exact) mass is 280 g/mol. The Hall–Kier alpha value is -1.76. The SMILES string of the molecule is CSCCC(Nc1ncnc2[nH]c(C)cc12)C(=O)O. The number of fused-ring (bicyclic) bond motifs is 1. The van der Waals surface area contributed by atoms with Gasteiger partial charge in [-0.3, -0.25) is 0 Å². The highest BCUT2D eigenvalue weighted by atomic mass is 32.2. The number of carboxylic acids is 1. The predicted molar refractivity (Wildman–Crippen MR) is 76.7 cm³/mol. The van der Waals surface area contributed by atoms with Gasteiger partial charge in [-0.25, -0.2) is 14.8 Å². The maximum Gasteiger partial charge on any atom is 0.326 e. The Labute approximate surface area is 115 Å². The number of rotatable bonds is 6. The number of aliphatic carboxylic acids is 1. The van der Waals surface area contributed by atoms with Gasteiger partial charge in [-0.05, 0) is 31.4 Å². The van der Waals surface area contributed by atoms with Crippen molar-refractivity contribution in [2.45, 2.75) is 19.4 Å². The molecule has 7 heteroatoms. The van der Waals surface area contributed by atoms with Crippen LogP contribution in [0.2, 0.25) is 0 Å². The molecule has 1 atom stereocenters. The van der Waals surface area contributed by atoms with Crippen LogP contribution in [0.15, 0.2) is 12.4 Å². The van der Waals surface area contributed by atoms with E-state index < -0.39 is 12.0 Å². The molecular weight excluding hydrogens is 264 g/mol. The molecule has 19 heavy (non-hydrogen) atoms. The molecule has 2 rings (SSSR count). The average molecular weight is 280 g/mol. The number of aromatic nitrogens is 3. The van der Waals surface area contributed by atoms with Gasteiger partial charge in [0.15, 0.2) is 0 Å². The molecule has 0 aliphatic heterocycles. The number of anilines is 1. The average Bonchev–Trinajstić information content (AvgIpc) is 2.75. The number of nitrogens with zero attached hydrogens (tertiary/aromatic N) is 2. The number of nitrogens with one attached hydrogen (secondary N) is 2. The van der Waals surface area contributed by atoms with Gasteiger partial charge in [-0.15, -0.1) is 0 Å². The number of carbonyl (C=O) groups is 1. The van der Waals surface area contributed by atoms with Crippen molar-refractivity contribution in [1.29, 1.82) is 0 Å². The van der Waals surface area contributed by atoms with Crippen molar-refractivity contribution in [1.82, 2.24) is 15.0 Å². The third kappa shape index (κ3) is 3.17. The molecule has 102 valence electrons. The smallest absolute Gasteiger partial charge is 0.326 e. The number of aryl methyl sites for hydroxylation is 1. The second kappa shape index (κ2) is 5.92. The molecule has 0 aromatic carbocycles. The van der Waals surface area contributed by atoms with Gasteiger partial charge in [0.1, 0.15) is 23.8 Å². The highest BCUT2D eigenvalue weighted by Crippen LogP contribution is 2.21. The molecule has 0 saturated carbocycles. The molecule has 3 N–H and O–H groups in total. The van der Waals surface area contributed by atoms with Crippen molar-refractivity contribution in [3.05, 3.63) is 18.1 Å². The van der Waals surface area contributed by atoms with Gasteiger partial charge in [0, 0.05) is 5.69 Å². The van der Waals surface area contributed by atoms with Gasteiger partial charge >= 0.3 is 5.97 Å². The fourth-order valence-corrected chi connectivity index (χ4v) is 2.32. The summed E-state index contributed by atoms with van der Waals surface area (Å²) in [6.45, 7) is 1.92. The molecule has 0 aliphatic carbocycles. The highest BCUT2D eigenvalue weighted by Gasteiger charge is 2.18. The molecule has 1 unspecified atom stereocenters. The number of hydrogen-bond acceptors (Lipinski definition) is 5. The van der Waals surface area contributed by atoms with Gasteiger partial charge < -0.3 is 15.4 Å². The number of H-pyrrole nitrogens is 1. The summed E-state index contributed by atoms with van der Waals surface area (Å²) in [4.78, 5) is 22.6. The van der Waals surface area contributed by atoms with E-state index >= 15 is 0 Å². The normalized spacial score (nSPS) is 12.5. The summed E-state index contributed by atoms with van der Waals surface area (Å²) in [6, 6.07) is 1.27. The summed E-state index contributed by atoms with van der Waals surface area (Å²) in [5.41, 5.74) is 1.68. The first kappa shape index (κ1) is 13.7. The lowest BCUT2D eigenvalue weighted by atomic mass is 10.2. The summed E-state index contributed by atoms with van der Waals surface area (Å²) in [6.07, 6.45) is 3.93. The zero-order valence-electron chi connectivity index (χ0n) is 10.8. The van der Waals surface area contributed by atoms with Crippen LogP contribution in [-0.2, 0) is 4.79 Å². The summed E-state index contributed by atoms with van der Waals surface area (Å²) in [7, 11) is 0. The van der Waals surface area contributed by atoms with Crippen LogP contribution >= 0.6 is 11.8 Å². The van der Waals surface area contributed by atoms with Gasteiger partial charge in [-0.1, -0.05) is 0 Å². The molecule has 0 fully saturated rings. The predicted octanol–water partition coefficient (Wildman–Crippen LogP) is 1.88. The van der Waals surface area contributed by atoms with Crippen molar-refractivity contribution in [2.24, 2.45) is 0 Å². The summed E-state index contributed by atoms with van der Waals surface area (Å²) < 4.78 is 0. The fourth-order valence-electron chi connectivity index (χ4n) is 1.84. The van der Waals surface area contributed by atoms with Crippen molar-refractivity contribution in [3.8, 4) is 0 Å². The lowest BCUT2D eigenvalue weighted by molar-refractivity contribution is -0.137. The molecule has 0 aliphatic rings. The Morgan fingerprint density at radius 1 is 1.58 bits per heavy atom. The zero-order valence-corrected chi connectivity index (χ0v) is 11.6. The first-order chi connectivity index (χ1) is 9.11. The fraction of sp³-hybridized carbons (Fsp3) is 0.417. The molecule has 2 aromatic heterocycles. The quantitative estimate of drug-likeness (QED) is 0.748. The summed E-state index contributed by atoms with van der Waals surface area (Å²) >= 11 is 1.62. The van der Waals surface area contributed by atoms with Gasteiger partial charge in [0.2, 0.25) is 0 Å². The second-order valence-corrected chi connectivity index (χ2v) is 5.24. The van der Waals surface area contributed by atoms with Gasteiger partial charge in [0.25, 0.3) is 0 Å². The van der Waals surface area contributed by atoms with Crippen LogP contribution in [0.25, 0.3) is 11.0 Å². The van der Waals surface area contributed by atoms with Gasteiger partial charge in [0.05, 0.1) is 5.39 Å². The topological polar surface area (TPSA) is 90.9 Å². The standard InChI is InChI=1S/C12H16N4O2S/c1-7-5-8-10(15-7)13-6-14-11(8)16-9(12(17)18)3-4-19-2/h5-6,9H,3-4H2,1-2H3,(H,17,18)(H2,13,14,15,16). The van der Waals surface area contributed by atoms with Gasteiger partial charge in [-0.2, -0.15) is 11.8 Å². The zero-order chi connectivity index (χ0) is 13.8. The summed E-state index contributed by atoms with van der Waals surface area (Å²) in [5.74, 6) is 0.473. The molecule has 2 heterocycles. The van der Waals surface area contributed by atoms with Crippen LogP contribution in [-0.4, -0.2) is 44.1 Å². The van der Waals surface area contributed by atoms with E-state index in [0.717, 1.165) is 16.8 Å². The third-order valence-corrected chi connectivity index (χ3v) is 3.42. The van der Waals surface area contributed by atoms with Crippen LogP contribution in [0.3, 0.4) is 0 Å². The third-order valence-electron chi connectivity index (χ3n) is 2.78. The van der Waals surface area contributed by atoms with Crippen molar-refractivity contribution in [2.75, 3.05) is 17.3 Å². The van der Waals surface area contributed by atoms with Crippen molar-refractivity contribution >= 4 is 34.6 Å². The second-order valence-electron chi connectivity index (χ2n) is 4.25. The van der Waals surface area contributed by atoms with E-state index in [4.69, 9.17) is 0 Å². The van der Waals surface area contributed by atoms with E-state index in [1.807, 2.05) is 19.2 Å². The van der Waals surface area contributed by atoms with Crippen LogP contribution in [0, 0.1) is 6.92 Å². The van der Waals surface area contributed by atoms with Crippen LogP contribution < -0.4 is 5.32 Å². The van der Waals surface area contributed by atoms with Crippen LogP contribution in [0.4, 0.5) is 5.82 Å². The largest absolute Gasteiger partial charge is 0.480 e. The minimum atomic E-state index is -0.868. The van der Waals surface area contributed by atoms with E-state index in [9.17, 15) is 9.90 Å². The van der Waals surface area contributed by atoms with Crippen molar-refractivity contribution in [3.63, 3.8) is 0 Å². The molecule has 0 radical (unpaired) electrons. The van der Waals surface area contributed by atoms with E-state index in [1.54, 1.807) is 11.8 Å². The minimum Gasteiger partial charge on any atom is -0.480 e. The molecule has 6 nitrogen and oxygen atoms in total. The molecule has 2 aromatic rings. The maximum atomic E-state index is 11.2. The Balaban J connectivity index is 2.25. The Morgan fingerprint density at radius 2 is 2.37 bits per heavy atom. The first-order valence-corrected chi connectivity index (χ1v) is 7.30. The summed E-state index contributed by atoms with van der Waals surface area (Å²) in [5, 5.41) is 13.0. The van der Waals surface area contributed by atoms with E-state index in [-0.39, 0.29) is 0 Å². The molecule has 0 spiro atoms. The highest BCUT2D eigenvalue weighted by molar-refractivity contribution is 7.98.